The van der Waals surface area contributed by atoms with Crippen LogP contribution in [0.25, 0.3) is 17.2 Å². The lowest BCUT2D eigenvalue weighted by Crippen LogP contribution is -1.99. The van der Waals surface area contributed by atoms with E-state index in [0.29, 0.717) is 17.9 Å². The van der Waals surface area contributed by atoms with E-state index in [2.05, 4.69) is 6.92 Å². The van der Waals surface area contributed by atoms with Crippen LogP contribution in [0.3, 0.4) is 0 Å². The first kappa shape index (κ1) is 23.7. The van der Waals surface area contributed by atoms with Crippen molar-refractivity contribution in [2.45, 2.75) is 20.3 Å². The summed E-state index contributed by atoms with van der Waals surface area (Å²) < 4.78 is 18.5. The van der Waals surface area contributed by atoms with E-state index in [1.165, 1.54) is 24.4 Å². The normalized spacial score (nSPS) is 11.8. The minimum atomic E-state index is -0.382. The molecular weight excluding hydrogens is 415 g/mol. The van der Waals surface area contributed by atoms with Crippen molar-refractivity contribution >= 4 is 35.1 Å². The van der Waals surface area contributed by atoms with Crippen LogP contribution < -0.4 is 5.73 Å². The number of halogens is 1. The van der Waals surface area contributed by atoms with Crippen LogP contribution in [-0.4, -0.2) is 18.8 Å². The van der Waals surface area contributed by atoms with Crippen molar-refractivity contribution in [1.82, 2.24) is 0 Å². The number of nitrogens with two attached hydrogens (primary N) is 1. The number of carbonyl (C=O) groups excluding carboxylic acids is 1. The van der Waals surface area contributed by atoms with Gasteiger partial charge in [0.25, 0.3) is 0 Å². The van der Waals surface area contributed by atoms with Gasteiger partial charge in [0.2, 0.25) is 0 Å². The molecule has 3 aromatic carbocycles. The van der Waals surface area contributed by atoms with E-state index in [4.69, 9.17) is 15.9 Å². The van der Waals surface area contributed by atoms with Gasteiger partial charge >= 0.3 is 5.97 Å². The van der Waals surface area contributed by atoms with Gasteiger partial charge in [0.05, 0.1) is 6.61 Å². The van der Waals surface area contributed by atoms with Crippen LogP contribution in [0, 0.1) is 11.2 Å². The van der Waals surface area contributed by atoms with Crippen molar-refractivity contribution in [2.75, 3.05) is 12.3 Å². The van der Waals surface area contributed by atoms with Crippen LogP contribution in [0.2, 0.25) is 0 Å². The summed E-state index contributed by atoms with van der Waals surface area (Å²) in [7, 11) is 0. The molecule has 0 saturated heterocycles. The minimum absolute atomic E-state index is 0.285. The third kappa shape index (κ3) is 5.83. The van der Waals surface area contributed by atoms with E-state index < -0.39 is 0 Å². The fraction of sp³-hybridized carbons (Fsp3) is 0.143. The van der Waals surface area contributed by atoms with Gasteiger partial charge in [-0.25, -0.2) is 9.18 Å². The molecule has 0 bridgehead atoms. The monoisotopic (exact) mass is 442 g/mol. The zero-order valence-electron chi connectivity index (χ0n) is 18.8. The van der Waals surface area contributed by atoms with Gasteiger partial charge in [0.1, 0.15) is 5.82 Å². The number of anilines is 1. The van der Waals surface area contributed by atoms with Gasteiger partial charge in [0.15, 0.2) is 0 Å². The highest BCUT2D eigenvalue weighted by atomic mass is 19.1. The predicted octanol–water partition coefficient (Wildman–Crippen LogP) is 6.35. The van der Waals surface area contributed by atoms with Crippen molar-refractivity contribution in [3.05, 3.63) is 106 Å². The summed E-state index contributed by atoms with van der Waals surface area (Å²) in [6, 6.07) is 19.9. The summed E-state index contributed by atoms with van der Waals surface area (Å²) in [5.41, 5.74) is 12.9. The maximum atomic E-state index is 13.6. The molecule has 168 valence electrons. The number of carbonyl (C=O) groups is 1. The standard InChI is InChI=1S/C28H27FN2O2/c1-3-25(20-10-13-24(29)14-11-20)28(22-12-15-26(31)23(17-22)18-30)21-8-5-19(6-9-21)7-16-27(32)33-4-2/h5-18,30H,3-4,31H2,1-2H3/b16-7+,28-25+,30-18?. The Kier molecular flexibility index (Phi) is 7.92. The Balaban J connectivity index is 2.14. The Bertz CT molecular complexity index is 1190. The molecule has 0 aromatic heterocycles. The minimum Gasteiger partial charge on any atom is -0.463 e. The molecule has 0 atom stereocenters. The lowest BCUT2D eigenvalue weighted by molar-refractivity contribution is -0.137. The summed E-state index contributed by atoms with van der Waals surface area (Å²) in [5.74, 6) is -0.667. The van der Waals surface area contributed by atoms with Crippen LogP contribution in [0.5, 0.6) is 0 Å². The zero-order valence-corrected chi connectivity index (χ0v) is 18.8. The molecule has 4 nitrogen and oxygen atoms in total. The molecule has 33 heavy (non-hydrogen) atoms. The number of hydrogen-bond donors (Lipinski definition) is 2. The molecule has 0 amide bonds. The SMILES string of the molecule is CCOC(=O)/C=C/c1ccc(/C(=C(/CC)c2ccc(F)cc2)c2ccc(N)c(C=N)c2)cc1. The Hall–Kier alpha value is -3.99. The first-order valence-electron chi connectivity index (χ1n) is 10.8. The lowest BCUT2D eigenvalue weighted by Gasteiger charge is -2.17. The van der Waals surface area contributed by atoms with E-state index in [1.807, 2.05) is 36.4 Å². The van der Waals surface area contributed by atoms with Crippen molar-refractivity contribution in [3.8, 4) is 0 Å². The average Bonchev–Trinajstić information content (AvgIpc) is 2.83. The van der Waals surface area contributed by atoms with Gasteiger partial charge in [-0.05, 0) is 77.1 Å². The van der Waals surface area contributed by atoms with E-state index in [9.17, 15) is 9.18 Å². The Labute approximate surface area is 193 Å². The van der Waals surface area contributed by atoms with Gasteiger partial charge < -0.3 is 15.9 Å². The topological polar surface area (TPSA) is 76.2 Å². The van der Waals surface area contributed by atoms with E-state index >= 15 is 0 Å². The van der Waals surface area contributed by atoms with Crippen molar-refractivity contribution in [3.63, 3.8) is 0 Å². The Morgan fingerprint density at radius 1 is 0.970 bits per heavy atom. The first-order valence-corrected chi connectivity index (χ1v) is 10.8. The fourth-order valence-electron chi connectivity index (χ4n) is 3.66. The number of benzene rings is 3. The van der Waals surface area contributed by atoms with Gasteiger partial charge in [0, 0.05) is 23.5 Å². The van der Waals surface area contributed by atoms with E-state index in [-0.39, 0.29) is 11.8 Å². The van der Waals surface area contributed by atoms with Crippen LogP contribution in [0.4, 0.5) is 10.1 Å². The number of esters is 1. The highest BCUT2D eigenvalue weighted by Gasteiger charge is 2.14. The zero-order chi connectivity index (χ0) is 23.8. The van der Waals surface area contributed by atoms with Crippen molar-refractivity contribution in [2.24, 2.45) is 0 Å². The second kappa shape index (κ2) is 11.0. The van der Waals surface area contributed by atoms with Gasteiger partial charge in [-0.3, -0.25) is 0 Å². The second-order valence-corrected chi connectivity index (χ2v) is 7.41. The quantitative estimate of drug-likeness (QED) is 0.140. The highest BCUT2D eigenvalue weighted by Crippen LogP contribution is 2.35. The average molecular weight is 443 g/mol. The van der Waals surface area contributed by atoms with Gasteiger partial charge in [-0.15, -0.1) is 0 Å². The Morgan fingerprint density at radius 2 is 1.61 bits per heavy atom. The summed E-state index contributed by atoms with van der Waals surface area (Å²) in [6.45, 7) is 4.16. The lowest BCUT2D eigenvalue weighted by atomic mass is 9.87. The molecule has 5 heteroatoms. The molecule has 3 N–H and O–H groups in total. The van der Waals surface area contributed by atoms with Crippen LogP contribution in [0.15, 0.2) is 72.8 Å². The highest BCUT2D eigenvalue weighted by molar-refractivity contribution is 6.00. The number of allylic oxidation sites excluding steroid dienone is 1. The maximum absolute atomic E-state index is 13.6. The third-order valence-corrected chi connectivity index (χ3v) is 5.28. The number of rotatable bonds is 8. The molecule has 0 aliphatic rings. The third-order valence-electron chi connectivity index (χ3n) is 5.28. The molecular formula is C28H27FN2O2. The maximum Gasteiger partial charge on any atom is 0.330 e. The molecule has 0 unspecified atom stereocenters. The second-order valence-electron chi connectivity index (χ2n) is 7.41. The van der Waals surface area contributed by atoms with Gasteiger partial charge in [-0.2, -0.15) is 0 Å². The Morgan fingerprint density at radius 3 is 2.21 bits per heavy atom. The molecule has 0 spiro atoms. The molecule has 0 aliphatic carbocycles. The molecule has 3 aromatic rings. The molecule has 3 rings (SSSR count). The predicted molar refractivity (Wildman–Crippen MR) is 133 cm³/mol. The molecule has 0 heterocycles. The van der Waals surface area contributed by atoms with E-state index in [1.54, 1.807) is 31.2 Å². The number of ether oxygens (including phenoxy) is 1. The van der Waals surface area contributed by atoms with Crippen molar-refractivity contribution in [1.29, 1.82) is 5.41 Å². The van der Waals surface area contributed by atoms with Gasteiger partial charge in [-0.1, -0.05) is 49.4 Å². The molecule has 0 aliphatic heterocycles. The van der Waals surface area contributed by atoms with E-state index in [0.717, 1.165) is 39.8 Å². The summed E-state index contributed by atoms with van der Waals surface area (Å²) in [5, 5.41) is 7.70. The largest absolute Gasteiger partial charge is 0.463 e. The van der Waals surface area contributed by atoms with Crippen molar-refractivity contribution < 1.29 is 13.9 Å². The smallest absolute Gasteiger partial charge is 0.330 e. The van der Waals surface area contributed by atoms with Crippen LogP contribution in [-0.2, 0) is 9.53 Å². The summed E-state index contributed by atoms with van der Waals surface area (Å²) in [6.07, 6.45) is 5.07. The molecule has 0 saturated carbocycles. The number of nitrogen functional groups attached to an aromatic ring is 1. The number of nitrogens with one attached hydrogen (secondary N) is 1. The summed E-state index contributed by atoms with van der Waals surface area (Å²) in [4.78, 5) is 11.6. The molecule has 0 fully saturated rings. The van der Waals surface area contributed by atoms with Crippen LogP contribution >= 0.6 is 0 Å². The number of hydrogen-bond acceptors (Lipinski definition) is 4. The summed E-state index contributed by atoms with van der Waals surface area (Å²) >= 11 is 0. The molecule has 0 radical (unpaired) electrons. The van der Waals surface area contributed by atoms with Crippen LogP contribution in [0.1, 0.15) is 48.1 Å². The first-order chi connectivity index (χ1) is 16.0. The fourth-order valence-corrected chi connectivity index (χ4v) is 3.66.